The van der Waals surface area contributed by atoms with E-state index in [0.717, 1.165) is 68.9 Å². The van der Waals surface area contributed by atoms with Gasteiger partial charge in [0.25, 0.3) is 5.91 Å². The van der Waals surface area contributed by atoms with Crippen molar-refractivity contribution in [1.29, 1.82) is 0 Å². The van der Waals surface area contributed by atoms with Crippen LogP contribution in [0.25, 0.3) is 0 Å². The van der Waals surface area contributed by atoms with Crippen molar-refractivity contribution in [2.75, 3.05) is 22.4 Å². The molecule has 0 radical (unpaired) electrons. The molecule has 1 amide bonds. The van der Waals surface area contributed by atoms with Crippen LogP contribution in [0.5, 0.6) is 0 Å². The first-order chi connectivity index (χ1) is 17.5. The van der Waals surface area contributed by atoms with Crippen LogP contribution in [0.15, 0.2) is 47.4 Å². The van der Waals surface area contributed by atoms with Gasteiger partial charge in [0.05, 0.1) is 11.2 Å². The molecule has 1 heterocycles. The zero-order valence-corrected chi connectivity index (χ0v) is 23.0. The summed E-state index contributed by atoms with van der Waals surface area (Å²) in [5.41, 5.74) is 2.31. The topological polar surface area (TPSA) is 113 Å². The number of sulfonamides is 2. The van der Waals surface area contributed by atoms with Gasteiger partial charge in [0.15, 0.2) is 0 Å². The van der Waals surface area contributed by atoms with Gasteiger partial charge in [-0.05, 0) is 80.5 Å². The molecular weight excluding hydrogens is 510 g/mol. The van der Waals surface area contributed by atoms with E-state index >= 15 is 0 Å². The molecule has 0 saturated heterocycles. The third-order valence-electron chi connectivity index (χ3n) is 8.27. The fourth-order valence-electron chi connectivity index (χ4n) is 6.08. The number of carbonyl (C=O) groups excluding carboxylic acids is 1. The van der Waals surface area contributed by atoms with E-state index < -0.39 is 20.0 Å². The Hall–Kier alpha value is -2.43. The summed E-state index contributed by atoms with van der Waals surface area (Å²) in [6.45, 7) is 2.39. The summed E-state index contributed by atoms with van der Waals surface area (Å²) in [7, 11) is -7.19. The molecule has 200 valence electrons. The zero-order valence-electron chi connectivity index (χ0n) is 21.4. The lowest BCUT2D eigenvalue weighted by atomic mass is 9.70. The normalized spacial score (nSPS) is 20.3. The molecule has 1 atom stereocenters. The van der Waals surface area contributed by atoms with Crippen LogP contribution in [-0.2, 0) is 25.5 Å². The lowest BCUT2D eigenvalue weighted by Crippen LogP contribution is -2.40. The summed E-state index contributed by atoms with van der Waals surface area (Å²) >= 11 is 0. The molecule has 1 spiro atoms. The van der Waals surface area contributed by atoms with Gasteiger partial charge < -0.3 is 4.90 Å². The summed E-state index contributed by atoms with van der Waals surface area (Å²) in [6.07, 6.45) is 9.37. The molecule has 2 aromatic carbocycles. The lowest BCUT2D eigenvalue weighted by Gasteiger charge is -2.34. The van der Waals surface area contributed by atoms with Crippen LogP contribution in [0, 0.1) is 5.92 Å². The van der Waals surface area contributed by atoms with Gasteiger partial charge in [-0.15, -0.1) is 0 Å². The fourth-order valence-corrected chi connectivity index (χ4v) is 8.00. The van der Waals surface area contributed by atoms with Gasteiger partial charge in [-0.25, -0.2) is 21.6 Å². The van der Waals surface area contributed by atoms with Crippen LogP contribution in [0.3, 0.4) is 0 Å². The molecule has 2 aliphatic carbocycles. The molecule has 2 saturated carbocycles. The molecular formula is C27H35N3O5S2. The van der Waals surface area contributed by atoms with E-state index in [1.807, 2.05) is 13.0 Å². The van der Waals surface area contributed by atoms with Gasteiger partial charge in [0, 0.05) is 34.9 Å². The van der Waals surface area contributed by atoms with Crippen LogP contribution in [0.1, 0.15) is 74.2 Å². The molecule has 5 rings (SSSR count). The van der Waals surface area contributed by atoms with Crippen LogP contribution in [0.2, 0.25) is 0 Å². The Morgan fingerprint density at radius 2 is 1.73 bits per heavy atom. The average Bonchev–Trinajstić information content (AvgIpc) is 3.09. The van der Waals surface area contributed by atoms with Crippen molar-refractivity contribution in [3.05, 3.63) is 53.6 Å². The van der Waals surface area contributed by atoms with Gasteiger partial charge in [-0.1, -0.05) is 31.7 Å². The molecule has 0 bridgehead atoms. The maximum atomic E-state index is 13.8. The van der Waals surface area contributed by atoms with Crippen LogP contribution >= 0.6 is 0 Å². The number of nitrogens with one attached hydrogen (secondary N) is 2. The van der Waals surface area contributed by atoms with Crippen molar-refractivity contribution < 1.29 is 21.6 Å². The quantitative estimate of drug-likeness (QED) is 0.536. The smallest absolute Gasteiger partial charge is 0.258 e. The Bertz CT molecular complexity index is 1410. The molecule has 2 fully saturated rings. The van der Waals surface area contributed by atoms with Crippen molar-refractivity contribution in [2.45, 2.75) is 74.6 Å². The Balaban J connectivity index is 1.45. The molecule has 1 aliphatic heterocycles. The molecule has 10 heteroatoms. The minimum absolute atomic E-state index is 0.0871. The number of anilines is 2. The highest BCUT2D eigenvalue weighted by Gasteiger charge is 2.45. The summed E-state index contributed by atoms with van der Waals surface area (Å²) in [6, 6.07) is 11.4. The Morgan fingerprint density at radius 3 is 2.38 bits per heavy atom. The minimum atomic E-state index is -3.76. The zero-order chi connectivity index (χ0) is 26.4. The van der Waals surface area contributed by atoms with E-state index in [0.29, 0.717) is 23.7 Å². The van der Waals surface area contributed by atoms with E-state index in [1.165, 1.54) is 12.1 Å². The van der Waals surface area contributed by atoms with Crippen LogP contribution < -0.4 is 14.3 Å². The molecule has 37 heavy (non-hydrogen) atoms. The van der Waals surface area contributed by atoms with E-state index in [4.69, 9.17) is 0 Å². The second-order valence-electron chi connectivity index (χ2n) is 11.0. The monoisotopic (exact) mass is 545 g/mol. The van der Waals surface area contributed by atoms with Crippen molar-refractivity contribution in [3.8, 4) is 0 Å². The third-order valence-corrected chi connectivity index (χ3v) is 10.4. The van der Waals surface area contributed by atoms with Crippen LogP contribution in [-0.4, -0.2) is 41.6 Å². The van der Waals surface area contributed by atoms with Crippen molar-refractivity contribution >= 4 is 37.3 Å². The van der Waals surface area contributed by atoms with Gasteiger partial charge in [-0.3, -0.25) is 9.52 Å². The second-order valence-corrected chi connectivity index (χ2v) is 14.4. The van der Waals surface area contributed by atoms with Gasteiger partial charge in [0.2, 0.25) is 20.0 Å². The maximum Gasteiger partial charge on any atom is 0.258 e. The number of nitrogens with zero attached hydrogens (tertiary/aromatic N) is 1. The van der Waals surface area contributed by atoms with E-state index in [9.17, 15) is 21.6 Å². The second kappa shape index (κ2) is 9.71. The van der Waals surface area contributed by atoms with Crippen molar-refractivity contribution in [3.63, 3.8) is 0 Å². The molecule has 8 nitrogen and oxygen atoms in total. The van der Waals surface area contributed by atoms with E-state index in [-0.39, 0.29) is 22.3 Å². The largest absolute Gasteiger partial charge is 0.307 e. The molecule has 2 aromatic rings. The first kappa shape index (κ1) is 26.2. The van der Waals surface area contributed by atoms with Crippen molar-refractivity contribution in [1.82, 2.24) is 4.72 Å². The van der Waals surface area contributed by atoms with Crippen molar-refractivity contribution in [2.24, 2.45) is 5.92 Å². The predicted octanol–water partition coefficient (Wildman–Crippen LogP) is 4.39. The number of amides is 1. The standard InChI is InChI=1S/C27H35N3O5S2/c1-19(20-8-6-9-20)28-37(34,35)23-11-7-10-21(16-23)26(31)30-18-27(14-4-3-5-15-27)24-17-22(12-13-25(24)30)29-36(2,32)33/h7,10-13,16-17,19-20,28-29H,3-6,8-9,14-15,18H2,1-2H3. The third kappa shape index (κ3) is 5.28. The Kier molecular flexibility index (Phi) is 6.87. The number of fused-ring (bicyclic) bond motifs is 2. The van der Waals surface area contributed by atoms with E-state index in [2.05, 4.69) is 9.44 Å². The summed E-state index contributed by atoms with van der Waals surface area (Å²) in [5.74, 6) is 0.103. The fraction of sp³-hybridized carbons (Fsp3) is 0.519. The number of carbonyl (C=O) groups is 1. The summed E-state index contributed by atoms with van der Waals surface area (Å²) in [4.78, 5) is 15.6. The van der Waals surface area contributed by atoms with Crippen LogP contribution in [0.4, 0.5) is 11.4 Å². The first-order valence-corrected chi connectivity index (χ1v) is 16.4. The number of rotatable bonds is 7. The predicted molar refractivity (Wildman–Crippen MR) is 145 cm³/mol. The van der Waals surface area contributed by atoms with Gasteiger partial charge in [0.1, 0.15) is 0 Å². The molecule has 0 aromatic heterocycles. The van der Waals surface area contributed by atoms with Gasteiger partial charge >= 0.3 is 0 Å². The van der Waals surface area contributed by atoms with E-state index in [1.54, 1.807) is 29.2 Å². The SMILES string of the molecule is CC(NS(=O)(=O)c1cccc(C(=O)N2CC3(CCCCC3)c3cc(NS(C)(=O)=O)ccc32)c1)C1CCC1. The first-order valence-electron chi connectivity index (χ1n) is 13.0. The van der Waals surface area contributed by atoms with Gasteiger partial charge in [-0.2, -0.15) is 0 Å². The molecule has 1 unspecified atom stereocenters. The number of hydrogen-bond donors (Lipinski definition) is 2. The average molecular weight is 546 g/mol. The Morgan fingerprint density at radius 1 is 1.00 bits per heavy atom. The maximum absolute atomic E-state index is 13.8. The number of benzene rings is 2. The summed E-state index contributed by atoms with van der Waals surface area (Å²) < 4.78 is 55.2. The highest BCUT2D eigenvalue weighted by atomic mass is 32.2. The minimum Gasteiger partial charge on any atom is -0.307 e. The Labute approximate surface area is 219 Å². The highest BCUT2D eigenvalue weighted by Crippen LogP contribution is 2.50. The number of hydrogen-bond acceptors (Lipinski definition) is 5. The summed E-state index contributed by atoms with van der Waals surface area (Å²) in [5, 5.41) is 0. The molecule has 3 aliphatic rings. The molecule has 2 N–H and O–H groups in total. The lowest BCUT2D eigenvalue weighted by molar-refractivity contribution is 0.0982. The highest BCUT2D eigenvalue weighted by molar-refractivity contribution is 7.92.